The third-order valence-electron chi connectivity index (χ3n) is 4.70. The smallest absolute Gasteiger partial charge is 0.338 e. The van der Waals surface area contributed by atoms with Gasteiger partial charge in [0.15, 0.2) is 6.10 Å². The van der Waals surface area contributed by atoms with Gasteiger partial charge in [-0.05, 0) is 42.5 Å². The lowest BCUT2D eigenvalue weighted by Gasteiger charge is -2.24. The summed E-state index contributed by atoms with van der Waals surface area (Å²) >= 11 is 0. The highest BCUT2D eigenvalue weighted by Crippen LogP contribution is 2.43. The van der Waals surface area contributed by atoms with Crippen LogP contribution in [-0.4, -0.2) is 25.3 Å². The van der Waals surface area contributed by atoms with E-state index < -0.39 is 6.10 Å². The first kappa shape index (κ1) is 15.2. The normalized spacial score (nSPS) is 22.5. The molecule has 1 saturated carbocycles. The minimum atomic E-state index is -0.470. The molecule has 4 nitrogen and oxygen atoms in total. The van der Waals surface area contributed by atoms with Gasteiger partial charge in [-0.3, -0.25) is 0 Å². The molecule has 2 aromatic rings. The molecule has 1 aliphatic carbocycles. The van der Waals surface area contributed by atoms with Gasteiger partial charge in [0.25, 0.3) is 0 Å². The largest absolute Gasteiger partial charge is 0.496 e. The second kappa shape index (κ2) is 6.29. The Labute approximate surface area is 141 Å². The quantitative estimate of drug-likeness (QED) is 0.618. The molecule has 0 aromatic heterocycles. The Morgan fingerprint density at radius 3 is 2.58 bits per heavy atom. The first-order chi connectivity index (χ1) is 11.8. The summed E-state index contributed by atoms with van der Waals surface area (Å²) in [7, 11) is 1.66. The van der Waals surface area contributed by atoms with Crippen LogP contribution in [0.15, 0.2) is 48.5 Å². The van der Waals surface area contributed by atoms with Crippen molar-refractivity contribution in [3.63, 3.8) is 0 Å². The summed E-state index contributed by atoms with van der Waals surface area (Å²) in [4.78, 5) is 12.1. The van der Waals surface area contributed by atoms with Crippen LogP contribution in [0.2, 0.25) is 0 Å². The Bertz CT molecular complexity index is 737. The van der Waals surface area contributed by atoms with Crippen molar-refractivity contribution < 1.29 is 19.0 Å². The van der Waals surface area contributed by atoms with Gasteiger partial charge < -0.3 is 14.2 Å². The van der Waals surface area contributed by atoms with E-state index in [1.165, 1.54) is 0 Å². The van der Waals surface area contributed by atoms with Gasteiger partial charge in [0.05, 0.1) is 7.11 Å². The second-order valence-electron chi connectivity index (χ2n) is 6.29. The summed E-state index contributed by atoms with van der Waals surface area (Å²) < 4.78 is 16.5. The number of hydrogen-bond acceptors (Lipinski definition) is 4. The van der Waals surface area contributed by atoms with Crippen LogP contribution >= 0.6 is 0 Å². The zero-order valence-corrected chi connectivity index (χ0v) is 13.6. The standard InChI is InChI=1S/C20H20O4/c1-22-17-11-10-14(12-16(17)13-6-3-2-4-7-13)18-19(24-18)20(21)23-15-8-5-9-15/h2-4,6-7,10-12,15,18-19H,5,8-9H2,1H3. The van der Waals surface area contributed by atoms with Crippen LogP contribution in [0.4, 0.5) is 0 Å². The Hall–Kier alpha value is -2.33. The Morgan fingerprint density at radius 2 is 1.92 bits per heavy atom. The molecule has 4 heteroatoms. The molecule has 1 aliphatic heterocycles. The number of hydrogen-bond donors (Lipinski definition) is 0. The van der Waals surface area contributed by atoms with E-state index >= 15 is 0 Å². The Morgan fingerprint density at radius 1 is 1.12 bits per heavy atom. The van der Waals surface area contributed by atoms with Gasteiger partial charge in [-0.1, -0.05) is 36.4 Å². The predicted octanol–water partition coefficient (Wildman–Crippen LogP) is 3.90. The molecule has 0 spiro atoms. The lowest BCUT2D eigenvalue weighted by atomic mass is 9.96. The predicted molar refractivity (Wildman–Crippen MR) is 89.8 cm³/mol. The van der Waals surface area contributed by atoms with Crippen molar-refractivity contribution in [2.45, 2.75) is 37.6 Å². The molecular formula is C20H20O4. The highest BCUT2D eigenvalue weighted by Gasteiger charge is 2.48. The molecule has 2 aromatic carbocycles. The molecule has 2 aliphatic rings. The molecule has 1 saturated heterocycles. The van der Waals surface area contributed by atoms with E-state index in [1.807, 2.05) is 48.5 Å². The number of ether oxygens (including phenoxy) is 3. The van der Waals surface area contributed by atoms with E-state index in [1.54, 1.807) is 7.11 Å². The maximum absolute atomic E-state index is 12.1. The van der Waals surface area contributed by atoms with E-state index in [2.05, 4.69) is 0 Å². The van der Waals surface area contributed by atoms with Crippen LogP contribution in [0.1, 0.15) is 30.9 Å². The van der Waals surface area contributed by atoms with Crippen LogP contribution in [0.3, 0.4) is 0 Å². The monoisotopic (exact) mass is 324 g/mol. The summed E-state index contributed by atoms with van der Waals surface area (Å²) in [6.45, 7) is 0. The molecule has 124 valence electrons. The summed E-state index contributed by atoms with van der Waals surface area (Å²) in [5.41, 5.74) is 3.05. The average molecular weight is 324 g/mol. The molecule has 2 atom stereocenters. The molecule has 0 amide bonds. The van der Waals surface area contributed by atoms with Crippen LogP contribution in [0.5, 0.6) is 5.75 Å². The van der Waals surface area contributed by atoms with Crippen LogP contribution < -0.4 is 4.74 Å². The van der Waals surface area contributed by atoms with Crippen molar-refractivity contribution >= 4 is 5.97 Å². The van der Waals surface area contributed by atoms with Gasteiger partial charge in [-0.2, -0.15) is 0 Å². The number of esters is 1. The lowest BCUT2D eigenvalue weighted by molar-refractivity contribution is -0.154. The van der Waals surface area contributed by atoms with Gasteiger partial charge in [0.2, 0.25) is 0 Å². The third-order valence-corrected chi connectivity index (χ3v) is 4.70. The molecule has 1 heterocycles. The average Bonchev–Trinajstić information content (AvgIpc) is 3.39. The number of benzene rings is 2. The fourth-order valence-electron chi connectivity index (χ4n) is 3.01. The minimum absolute atomic E-state index is 0.0955. The van der Waals surface area contributed by atoms with Crippen molar-refractivity contribution in [1.29, 1.82) is 0 Å². The third kappa shape index (κ3) is 2.89. The van der Waals surface area contributed by atoms with Gasteiger partial charge in [0, 0.05) is 5.56 Å². The van der Waals surface area contributed by atoms with E-state index in [0.29, 0.717) is 0 Å². The zero-order valence-electron chi connectivity index (χ0n) is 13.6. The first-order valence-corrected chi connectivity index (χ1v) is 8.35. The van der Waals surface area contributed by atoms with Crippen molar-refractivity contribution in [3.8, 4) is 16.9 Å². The Balaban J connectivity index is 1.53. The van der Waals surface area contributed by atoms with Gasteiger partial charge in [0.1, 0.15) is 18.0 Å². The summed E-state index contributed by atoms with van der Waals surface area (Å²) in [5, 5.41) is 0. The number of rotatable bonds is 5. The number of methoxy groups -OCH3 is 1. The lowest BCUT2D eigenvalue weighted by Crippen LogP contribution is -2.27. The second-order valence-corrected chi connectivity index (χ2v) is 6.29. The maximum Gasteiger partial charge on any atom is 0.338 e. The fraction of sp³-hybridized carbons (Fsp3) is 0.350. The van der Waals surface area contributed by atoms with Gasteiger partial charge in [-0.15, -0.1) is 0 Å². The van der Waals surface area contributed by atoms with Crippen molar-refractivity contribution in [3.05, 3.63) is 54.1 Å². The van der Waals surface area contributed by atoms with Gasteiger partial charge in [-0.25, -0.2) is 4.79 Å². The highest BCUT2D eigenvalue weighted by atomic mass is 16.6. The first-order valence-electron chi connectivity index (χ1n) is 8.35. The molecular weight excluding hydrogens is 304 g/mol. The maximum atomic E-state index is 12.1. The summed E-state index contributed by atoms with van der Waals surface area (Å²) in [6.07, 6.45) is 2.51. The number of carbonyl (C=O) groups is 1. The van der Waals surface area contributed by atoms with Crippen LogP contribution in [0, 0.1) is 0 Å². The van der Waals surface area contributed by atoms with Gasteiger partial charge >= 0.3 is 5.97 Å². The fourth-order valence-corrected chi connectivity index (χ4v) is 3.01. The molecule has 0 bridgehead atoms. The van der Waals surface area contributed by atoms with Crippen LogP contribution in [0.25, 0.3) is 11.1 Å². The molecule has 2 fully saturated rings. The Kier molecular flexibility index (Phi) is 3.98. The molecule has 4 rings (SSSR count). The van der Waals surface area contributed by atoms with E-state index in [0.717, 1.165) is 41.7 Å². The zero-order chi connectivity index (χ0) is 16.5. The van der Waals surface area contributed by atoms with Crippen LogP contribution in [-0.2, 0) is 14.3 Å². The SMILES string of the molecule is COc1ccc(C2OC2C(=O)OC2CCC2)cc1-c1ccccc1. The highest BCUT2D eigenvalue weighted by molar-refractivity contribution is 5.79. The minimum Gasteiger partial charge on any atom is -0.496 e. The van der Waals surface area contributed by atoms with E-state index in [-0.39, 0.29) is 18.2 Å². The summed E-state index contributed by atoms with van der Waals surface area (Å²) in [5.74, 6) is 0.570. The molecule has 0 N–H and O–H groups in total. The van der Waals surface area contributed by atoms with E-state index in [4.69, 9.17) is 14.2 Å². The molecule has 0 radical (unpaired) electrons. The molecule has 24 heavy (non-hydrogen) atoms. The van der Waals surface area contributed by atoms with Crippen molar-refractivity contribution in [1.82, 2.24) is 0 Å². The number of carbonyl (C=O) groups excluding carboxylic acids is 1. The van der Waals surface area contributed by atoms with E-state index in [9.17, 15) is 4.79 Å². The van der Waals surface area contributed by atoms with Crippen molar-refractivity contribution in [2.75, 3.05) is 7.11 Å². The number of epoxide rings is 1. The van der Waals surface area contributed by atoms with Crippen molar-refractivity contribution in [2.24, 2.45) is 0 Å². The topological polar surface area (TPSA) is 48.1 Å². The molecule has 2 unspecified atom stereocenters. The summed E-state index contributed by atoms with van der Waals surface area (Å²) in [6, 6.07) is 16.0.